The molecule has 3 atom stereocenters. The highest BCUT2D eigenvalue weighted by molar-refractivity contribution is 5.81. The second-order valence-corrected chi connectivity index (χ2v) is 7.05. The molecule has 0 N–H and O–H groups in total. The number of amides is 1. The summed E-state index contributed by atoms with van der Waals surface area (Å²) in [4.78, 5) is 21.1. The molecule has 0 radical (unpaired) electrons. The highest BCUT2D eigenvalue weighted by Gasteiger charge is 2.37. The van der Waals surface area contributed by atoms with Gasteiger partial charge in [-0.15, -0.1) is 0 Å². The molecule has 2 saturated heterocycles. The largest absolute Gasteiger partial charge is 0.368 e. The van der Waals surface area contributed by atoms with Gasteiger partial charge < -0.3 is 14.5 Å². The van der Waals surface area contributed by atoms with Gasteiger partial charge in [-0.25, -0.2) is 0 Å². The van der Waals surface area contributed by atoms with Crippen LogP contribution in [0.1, 0.15) is 25.3 Å². The average molecular weight is 317 g/mol. The number of hydrogen-bond acceptors (Lipinski definition) is 4. The molecule has 0 spiro atoms. The van der Waals surface area contributed by atoms with Gasteiger partial charge in [0.1, 0.15) is 6.10 Å². The third kappa shape index (κ3) is 4.09. The molecule has 2 aliphatic heterocycles. The molecule has 3 heterocycles. The van der Waals surface area contributed by atoms with Gasteiger partial charge in [0.2, 0.25) is 0 Å². The number of rotatable bonds is 5. The van der Waals surface area contributed by atoms with Crippen LogP contribution >= 0.6 is 0 Å². The first-order valence-corrected chi connectivity index (χ1v) is 8.61. The summed E-state index contributed by atoms with van der Waals surface area (Å²) in [6, 6.07) is 4.08. The molecule has 5 nitrogen and oxygen atoms in total. The molecule has 0 bridgehead atoms. The number of likely N-dealkylation sites (tertiary alicyclic amines) is 1. The molecule has 1 aromatic rings. The van der Waals surface area contributed by atoms with Crippen molar-refractivity contribution in [2.45, 2.75) is 32.4 Å². The van der Waals surface area contributed by atoms with Crippen molar-refractivity contribution in [3.63, 3.8) is 0 Å². The van der Waals surface area contributed by atoms with Crippen LogP contribution in [0.25, 0.3) is 0 Å². The Labute approximate surface area is 138 Å². The number of aromatic nitrogens is 1. The summed E-state index contributed by atoms with van der Waals surface area (Å²) in [6.07, 6.45) is 5.60. The van der Waals surface area contributed by atoms with Crippen LogP contribution in [0.15, 0.2) is 24.5 Å². The van der Waals surface area contributed by atoms with Gasteiger partial charge in [-0.2, -0.15) is 0 Å². The fraction of sp³-hybridized carbons (Fsp3) is 0.667. The van der Waals surface area contributed by atoms with Crippen LogP contribution in [0.2, 0.25) is 0 Å². The summed E-state index contributed by atoms with van der Waals surface area (Å²) >= 11 is 0. The van der Waals surface area contributed by atoms with Gasteiger partial charge in [-0.1, -0.05) is 13.0 Å². The molecular weight excluding hydrogens is 290 g/mol. The lowest BCUT2D eigenvalue weighted by atomic mass is 10.0. The van der Waals surface area contributed by atoms with Crippen molar-refractivity contribution >= 4 is 5.91 Å². The first kappa shape index (κ1) is 16.4. The normalized spacial score (nSPS) is 27.8. The predicted molar refractivity (Wildman–Crippen MR) is 88.8 cm³/mol. The van der Waals surface area contributed by atoms with Gasteiger partial charge in [0.25, 0.3) is 5.91 Å². The molecule has 0 saturated carbocycles. The fourth-order valence-electron chi connectivity index (χ4n) is 3.68. The highest BCUT2D eigenvalue weighted by atomic mass is 16.5. The quantitative estimate of drug-likeness (QED) is 0.830. The van der Waals surface area contributed by atoms with Crippen molar-refractivity contribution in [2.24, 2.45) is 11.8 Å². The van der Waals surface area contributed by atoms with E-state index < -0.39 is 0 Å². The Balaban J connectivity index is 1.47. The molecule has 1 amide bonds. The summed E-state index contributed by atoms with van der Waals surface area (Å²) in [5, 5.41) is 0. The Bertz CT molecular complexity index is 522. The van der Waals surface area contributed by atoms with Crippen molar-refractivity contribution in [3.05, 3.63) is 30.1 Å². The lowest BCUT2D eigenvalue weighted by Crippen LogP contribution is -2.40. The number of ether oxygens (including phenoxy) is 1. The van der Waals surface area contributed by atoms with E-state index in [1.807, 2.05) is 17.2 Å². The standard InChI is InChI=1S/C18H27N3O2/c1-14-6-9-23-17(14)18(22)21-8-5-16(13-21)12-20(2)11-15-4-3-7-19-10-15/h3-4,7,10,14,16-17H,5-6,8-9,11-13H2,1-2H3/t14-,16+,17+/m1/s1. The van der Waals surface area contributed by atoms with Crippen LogP contribution < -0.4 is 0 Å². The number of hydrogen-bond donors (Lipinski definition) is 0. The molecule has 3 rings (SSSR count). The maximum Gasteiger partial charge on any atom is 0.251 e. The van der Waals surface area contributed by atoms with E-state index in [0.717, 1.165) is 45.6 Å². The Morgan fingerprint density at radius 2 is 2.35 bits per heavy atom. The summed E-state index contributed by atoms with van der Waals surface area (Å²) in [5.74, 6) is 1.11. The Kier molecular flexibility index (Phi) is 5.28. The monoisotopic (exact) mass is 317 g/mol. The summed E-state index contributed by atoms with van der Waals surface area (Å²) in [7, 11) is 2.14. The maximum atomic E-state index is 12.6. The number of nitrogens with zero attached hydrogens (tertiary/aromatic N) is 3. The van der Waals surface area contributed by atoms with E-state index in [0.29, 0.717) is 11.8 Å². The van der Waals surface area contributed by atoms with Gasteiger partial charge in [0.05, 0.1) is 0 Å². The molecule has 23 heavy (non-hydrogen) atoms. The molecule has 1 aromatic heterocycles. The van der Waals surface area contributed by atoms with E-state index >= 15 is 0 Å². The highest BCUT2D eigenvalue weighted by Crippen LogP contribution is 2.25. The average Bonchev–Trinajstić information content (AvgIpc) is 3.16. The zero-order chi connectivity index (χ0) is 16.2. The molecule has 5 heteroatoms. The summed E-state index contributed by atoms with van der Waals surface area (Å²) < 4.78 is 5.63. The smallest absolute Gasteiger partial charge is 0.251 e. The minimum atomic E-state index is -0.207. The van der Waals surface area contributed by atoms with Gasteiger partial charge in [0, 0.05) is 45.2 Å². The van der Waals surface area contributed by atoms with Crippen molar-refractivity contribution in [3.8, 4) is 0 Å². The van der Waals surface area contributed by atoms with E-state index in [9.17, 15) is 4.79 Å². The molecular formula is C18H27N3O2. The van der Waals surface area contributed by atoms with Crippen LogP contribution in [0.5, 0.6) is 0 Å². The van der Waals surface area contributed by atoms with Crippen molar-refractivity contribution in [1.29, 1.82) is 0 Å². The third-order valence-electron chi connectivity index (χ3n) is 4.97. The number of carbonyl (C=O) groups excluding carboxylic acids is 1. The van der Waals surface area contributed by atoms with E-state index in [1.165, 1.54) is 5.56 Å². The van der Waals surface area contributed by atoms with Crippen molar-refractivity contribution in [2.75, 3.05) is 33.3 Å². The van der Waals surface area contributed by atoms with E-state index in [4.69, 9.17) is 4.74 Å². The second kappa shape index (κ2) is 7.41. The SMILES string of the molecule is C[C@@H]1CCO[C@@H]1C(=O)N1CC[C@@H](CN(C)Cc2cccnc2)C1. The van der Waals surface area contributed by atoms with E-state index in [2.05, 4.69) is 29.9 Å². The van der Waals surface area contributed by atoms with Gasteiger partial charge in [-0.3, -0.25) is 9.78 Å². The topological polar surface area (TPSA) is 45.7 Å². The summed E-state index contributed by atoms with van der Waals surface area (Å²) in [5.41, 5.74) is 1.23. The zero-order valence-corrected chi connectivity index (χ0v) is 14.1. The predicted octanol–water partition coefficient (Wildman–Crippen LogP) is 1.79. The second-order valence-electron chi connectivity index (χ2n) is 7.05. The first-order valence-electron chi connectivity index (χ1n) is 8.61. The Morgan fingerprint density at radius 1 is 1.48 bits per heavy atom. The zero-order valence-electron chi connectivity index (χ0n) is 14.1. The van der Waals surface area contributed by atoms with Gasteiger partial charge in [0.15, 0.2) is 0 Å². The van der Waals surface area contributed by atoms with Crippen LogP contribution in [0, 0.1) is 11.8 Å². The maximum absolute atomic E-state index is 12.6. The third-order valence-corrected chi connectivity index (χ3v) is 4.97. The molecule has 0 aliphatic carbocycles. The first-order chi connectivity index (χ1) is 11.1. The molecule has 0 aromatic carbocycles. The van der Waals surface area contributed by atoms with Crippen LogP contribution in [-0.4, -0.2) is 60.1 Å². The number of pyridine rings is 1. The van der Waals surface area contributed by atoms with Crippen LogP contribution in [-0.2, 0) is 16.1 Å². The molecule has 0 unspecified atom stereocenters. The lowest BCUT2D eigenvalue weighted by molar-refractivity contribution is -0.141. The Hall–Kier alpha value is -1.46. The van der Waals surface area contributed by atoms with Crippen LogP contribution in [0.4, 0.5) is 0 Å². The van der Waals surface area contributed by atoms with E-state index in [-0.39, 0.29) is 12.0 Å². The van der Waals surface area contributed by atoms with Gasteiger partial charge >= 0.3 is 0 Å². The molecule has 2 aliphatic rings. The number of carbonyl (C=O) groups is 1. The molecule has 126 valence electrons. The lowest BCUT2D eigenvalue weighted by Gasteiger charge is -2.24. The van der Waals surface area contributed by atoms with Gasteiger partial charge in [-0.05, 0) is 43.4 Å². The van der Waals surface area contributed by atoms with Crippen LogP contribution in [0.3, 0.4) is 0 Å². The fourth-order valence-corrected chi connectivity index (χ4v) is 3.68. The molecule has 2 fully saturated rings. The van der Waals surface area contributed by atoms with E-state index in [1.54, 1.807) is 6.20 Å². The minimum absolute atomic E-state index is 0.201. The summed E-state index contributed by atoms with van der Waals surface area (Å²) in [6.45, 7) is 6.49. The van der Waals surface area contributed by atoms with Crippen molar-refractivity contribution in [1.82, 2.24) is 14.8 Å². The van der Waals surface area contributed by atoms with Crippen molar-refractivity contribution < 1.29 is 9.53 Å². The Morgan fingerprint density at radius 3 is 3.04 bits per heavy atom. The minimum Gasteiger partial charge on any atom is -0.368 e.